The number of hydrogen-bond donors (Lipinski definition) is 0. The van der Waals surface area contributed by atoms with Gasteiger partial charge in [-0.1, -0.05) is 170 Å². The average molecular weight is 718 g/mol. The molecule has 0 amide bonds. The highest BCUT2D eigenvalue weighted by molar-refractivity contribution is 7.26. The fraction of sp³-hybridized carbons (Fsp3) is 0.0189. The van der Waals surface area contributed by atoms with Crippen molar-refractivity contribution in [3.05, 3.63) is 235 Å². The Balaban J connectivity index is 1.23. The van der Waals surface area contributed by atoms with Crippen LogP contribution in [0.15, 0.2) is 212 Å². The highest BCUT2D eigenvalue weighted by Gasteiger charge is 2.47. The van der Waals surface area contributed by atoms with Crippen LogP contribution >= 0.6 is 11.3 Å². The van der Waals surface area contributed by atoms with Gasteiger partial charge in [-0.2, -0.15) is 0 Å². The quantitative estimate of drug-likeness (QED) is 0.166. The van der Waals surface area contributed by atoms with Gasteiger partial charge >= 0.3 is 0 Å². The molecule has 0 radical (unpaired) electrons. The Hall–Kier alpha value is -6.74. The summed E-state index contributed by atoms with van der Waals surface area (Å²) in [5, 5.41) is 5.05. The monoisotopic (exact) mass is 717 g/mol. The molecule has 11 rings (SSSR count). The summed E-state index contributed by atoms with van der Waals surface area (Å²) in [7, 11) is 0. The van der Waals surface area contributed by atoms with E-state index in [9.17, 15) is 0 Å². The smallest absolute Gasteiger partial charge is 0.0714 e. The minimum Gasteiger partial charge on any atom is -0.309 e. The lowest BCUT2D eigenvalue weighted by Gasteiger charge is -2.34. The van der Waals surface area contributed by atoms with Crippen LogP contribution in [-0.4, -0.2) is 0 Å². The van der Waals surface area contributed by atoms with Gasteiger partial charge in [0.1, 0.15) is 0 Å². The van der Waals surface area contributed by atoms with E-state index in [0.717, 1.165) is 11.4 Å². The summed E-state index contributed by atoms with van der Waals surface area (Å²) in [6, 6.07) is 78.4. The van der Waals surface area contributed by atoms with Crippen molar-refractivity contribution in [2.75, 3.05) is 4.90 Å². The van der Waals surface area contributed by atoms with Gasteiger partial charge in [0, 0.05) is 31.4 Å². The highest BCUT2D eigenvalue weighted by atomic mass is 32.1. The molecular weight excluding hydrogens is 683 g/mol. The molecule has 258 valence electrons. The number of nitrogens with zero attached hydrogens (tertiary/aromatic N) is 1. The number of fused-ring (bicyclic) bond motifs is 7. The number of anilines is 3. The third-order valence-electron chi connectivity index (χ3n) is 11.5. The van der Waals surface area contributed by atoms with Crippen LogP contribution in [0, 0.1) is 0 Å². The lowest BCUT2D eigenvalue weighted by Crippen LogP contribution is -2.28. The summed E-state index contributed by atoms with van der Waals surface area (Å²) < 4.78 is 2.58. The molecule has 0 spiro atoms. The molecule has 1 nitrogen and oxygen atoms in total. The van der Waals surface area contributed by atoms with E-state index in [-0.39, 0.29) is 0 Å². The van der Waals surface area contributed by atoms with Crippen LogP contribution < -0.4 is 4.90 Å². The van der Waals surface area contributed by atoms with E-state index >= 15 is 0 Å². The predicted molar refractivity (Wildman–Crippen MR) is 234 cm³/mol. The molecule has 1 aliphatic carbocycles. The zero-order chi connectivity index (χ0) is 36.3. The standard InChI is InChI=1S/C53H35NS/c1-3-19-40(20-4-1)53(41-21-5-2-6-22-41)45-26-11-9-24-43(45)51-46(53)27-14-28-47(51)54(48-29-15-31-50-52(48)44-25-10-12-30-49(44)55-50)42-23-13-18-38(35-42)39-33-32-36-16-7-8-17-37(36)34-39/h1-35H. The normalized spacial score (nSPS) is 12.9. The molecule has 0 saturated heterocycles. The van der Waals surface area contributed by atoms with Crippen LogP contribution in [0.3, 0.4) is 0 Å². The minimum atomic E-state index is -0.496. The fourth-order valence-electron chi connectivity index (χ4n) is 9.20. The Bertz CT molecular complexity index is 3010. The predicted octanol–water partition coefficient (Wildman–Crippen LogP) is 14.7. The van der Waals surface area contributed by atoms with E-state index in [4.69, 9.17) is 0 Å². The molecule has 55 heavy (non-hydrogen) atoms. The molecule has 1 heterocycles. The first kappa shape index (κ1) is 31.8. The van der Waals surface area contributed by atoms with Crippen LogP contribution in [0.5, 0.6) is 0 Å². The van der Waals surface area contributed by atoms with Crippen LogP contribution in [0.25, 0.3) is 53.2 Å². The maximum absolute atomic E-state index is 2.54. The molecular formula is C53H35NS. The fourth-order valence-corrected chi connectivity index (χ4v) is 10.3. The zero-order valence-corrected chi connectivity index (χ0v) is 30.9. The van der Waals surface area contributed by atoms with E-state index in [1.54, 1.807) is 0 Å². The zero-order valence-electron chi connectivity index (χ0n) is 30.1. The van der Waals surface area contributed by atoms with E-state index in [2.05, 4.69) is 217 Å². The van der Waals surface area contributed by atoms with Gasteiger partial charge in [-0.3, -0.25) is 0 Å². The molecule has 2 heteroatoms. The van der Waals surface area contributed by atoms with Gasteiger partial charge in [-0.25, -0.2) is 0 Å². The van der Waals surface area contributed by atoms with Crippen molar-refractivity contribution in [2.24, 2.45) is 0 Å². The number of rotatable bonds is 6. The molecule has 0 aliphatic heterocycles. The molecule has 0 N–H and O–H groups in total. The Morgan fingerprint density at radius 2 is 1.02 bits per heavy atom. The van der Waals surface area contributed by atoms with E-state index in [1.807, 2.05) is 11.3 Å². The van der Waals surface area contributed by atoms with Gasteiger partial charge in [-0.15, -0.1) is 11.3 Å². The van der Waals surface area contributed by atoms with Gasteiger partial charge < -0.3 is 4.90 Å². The number of thiophene rings is 1. The largest absolute Gasteiger partial charge is 0.309 e. The second kappa shape index (κ2) is 12.7. The van der Waals surface area contributed by atoms with E-state index in [0.29, 0.717) is 0 Å². The van der Waals surface area contributed by atoms with Gasteiger partial charge in [0.15, 0.2) is 0 Å². The van der Waals surface area contributed by atoms with Gasteiger partial charge in [-0.05, 0) is 92.2 Å². The van der Waals surface area contributed by atoms with E-state index < -0.39 is 5.41 Å². The summed E-state index contributed by atoms with van der Waals surface area (Å²) in [6.45, 7) is 0. The summed E-state index contributed by atoms with van der Waals surface area (Å²) in [4.78, 5) is 2.54. The lowest BCUT2D eigenvalue weighted by molar-refractivity contribution is 0.768. The van der Waals surface area contributed by atoms with Crippen molar-refractivity contribution >= 4 is 59.3 Å². The first-order valence-corrected chi connectivity index (χ1v) is 19.7. The second-order valence-corrected chi connectivity index (χ2v) is 15.5. The van der Waals surface area contributed by atoms with Crippen LogP contribution in [0.4, 0.5) is 17.1 Å². The van der Waals surface area contributed by atoms with Crippen LogP contribution in [0.2, 0.25) is 0 Å². The van der Waals surface area contributed by atoms with Crippen molar-refractivity contribution in [3.63, 3.8) is 0 Å². The first-order valence-electron chi connectivity index (χ1n) is 18.9. The van der Waals surface area contributed by atoms with Crippen LogP contribution in [0.1, 0.15) is 22.3 Å². The summed E-state index contributed by atoms with van der Waals surface area (Å²) in [5.74, 6) is 0. The SMILES string of the molecule is c1ccc(C2(c3ccccc3)c3ccccc3-c3c(N(c4cccc(-c5ccc6ccccc6c5)c4)c4cccc5sc6ccccc6c45)cccc32)cc1. The summed E-state index contributed by atoms with van der Waals surface area (Å²) in [5.41, 5.74) is 13.0. The molecule has 0 saturated carbocycles. The highest BCUT2D eigenvalue weighted by Crippen LogP contribution is 2.60. The molecule has 0 bridgehead atoms. The first-order chi connectivity index (χ1) is 27.3. The molecule has 9 aromatic carbocycles. The maximum atomic E-state index is 2.54. The minimum absolute atomic E-state index is 0.496. The second-order valence-electron chi connectivity index (χ2n) is 14.4. The molecule has 1 aliphatic rings. The van der Waals surface area contributed by atoms with Crippen molar-refractivity contribution < 1.29 is 0 Å². The summed E-state index contributed by atoms with van der Waals surface area (Å²) >= 11 is 1.87. The third kappa shape index (κ3) is 4.85. The van der Waals surface area contributed by atoms with Crippen molar-refractivity contribution in [3.8, 4) is 22.3 Å². The third-order valence-corrected chi connectivity index (χ3v) is 12.6. The molecule has 0 unspecified atom stereocenters. The number of hydrogen-bond acceptors (Lipinski definition) is 2. The molecule has 0 atom stereocenters. The maximum Gasteiger partial charge on any atom is 0.0714 e. The Morgan fingerprint density at radius 3 is 1.85 bits per heavy atom. The summed E-state index contributed by atoms with van der Waals surface area (Å²) in [6.07, 6.45) is 0. The lowest BCUT2D eigenvalue weighted by atomic mass is 9.68. The van der Waals surface area contributed by atoms with E-state index in [1.165, 1.54) is 81.1 Å². The number of benzene rings is 9. The van der Waals surface area contributed by atoms with Crippen LogP contribution in [-0.2, 0) is 5.41 Å². The molecule has 1 aromatic heterocycles. The van der Waals surface area contributed by atoms with Gasteiger partial charge in [0.25, 0.3) is 0 Å². The Labute approximate surface area is 325 Å². The molecule has 0 fully saturated rings. The van der Waals surface area contributed by atoms with Crippen molar-refractivity contribution in [1.82, 2.24) is 0 Å². The van der Waals surface area contributed by atoms with Gasteiger partial charge in [0.2, 0.25) is 0 Å². The van der Waals surface area contributed by atoms with Crippen molar-refractivity contribution in [2.45, 2.75) is 5.41 Å². The Kier molecular flexibility index (Phi) is 7.33. The Morgan fingerprint density at radius 1 is 0.400 bits per heavy atom. The average Bonchev–Trinajstić information content (AvgIpc) is 3.79. The molecule has 10 aromatic rings. The van der Waals surface area contributed by atoms with Gasteiger partial charge in [0.05, 0.1) is 16.8 Å². The van der Waals surface area contributed by atoms with Crippen molar-refractivity contribution in [1.29, 1.82) is 0 Å². The topological polar surface area (TPSA) is 3.24 Å².